The third kappa shape index (κ3) is 2.85. The van der Waals surface area contributed by atoms with E-state index in [0.29, 0.717) is 6.42 Å². The number of hydrogen-bond donors (Lipinski definition) is 1. The highest BCUT2D eigenvalue weighted by atomic mass is 32.1. The highest BCUT2D eigenvalue weighted by molar-refractivity contribution is 7.78. The maximum atomic E-state index is 12.3. The topological polar surface area (TPSA) is 4.93 Å². The fraction of sp³-hybridized carbons (Fsp3) is 0.167. The van der Waals surface area contributed by atoms with Gasteiger partial charge in [0.1, 0.15) is 0 Å². The fourth-order valence-electron chi connectivity index (χ4n) is 1.57. The Morgan fingerprint density at radius 1 is 1.06 bits per heavy atom. The van der Waals surface area contributed by atoms with Crippen LogP contribution in [-0.2, 0) is 12.6 Å². The minimum Gasteiger partial charge on any atom is -0.298 e. The van der Waals surface area contributed by atoms with Crippen LogP contribution in [0.25, 0.3) is 0 Å². The maximum Gasteiger partial charge on any atom is 0.416 e. The Balaban J connectivity index is 2.17. The standard InChI is InChI=1S/C12H10F3NS/c13-12(14,15)10-5-3-9(4-6-10)8-11-2-1-7-16(11)17/h1-7,17H,8H2. The first-order valence-electron chi connectivity index (χ1n) is 4.98. The zero-order valence-electron chi connectivity index (χ0n) is 8.78. The quantitative estimate of drug-likeness (QED) is 0.781. The maximum absolute atomic E-state index is 12.3. The van der Waals surface area contributed by atoms with Crippen LogP contribution in [-0.4, -0.2) is 3.97 Å². The second-order valence-corrected chi connectivity index (χ2v) is 4.15. The molecule has 0 aliphatic rings. The molecule has 5 heteroatoms. The van der Waals surface area contributed by atoms with Gasteiger partial charge in [-0.1, -0.05) is 24.9 Å². The zero-order valence-corrected chi connectivity index (χ0v) is 9.67. The first-order chi connectivity index (χ1) is 7.97. The van der Waals surface area contributed by atoms with E-state index in [2.05, 4.69) is 12.8 Å². The Bertz CT molecular complexity index is 499. The van der Waals surface area contributed by atoms with Crippen molar-refractivity contribution in [3.8, 4) is 0 Å². The predicted octanol–water partition coefficient (Wildman–Crippen LogP) is 3.79. The van der Waals surface area contributed by atoms with E-state index in [1.54, 1.807) is 10.2 Å². The molecular weight excluding hydrogens is 247 g/mol. The van der Waals surface area contributed by atoms with E-state index in [4.69, 9.17) is 0 Å². The number of benzene rings is 1. The van der Waals surface area contributed by atoms with E-state index < -0.39 is 11.7 Å². The molecule has 1 aromatic carbocycles. The number of rotatable bonds is 2. The molecular formula is C12H10F3NS. The summed E-state index contributed by atoms with van der Waals surface area (Å²) in [5.41, 5.74) is 1.14. The van der Waals surface area contributed by atoms with Crippen LogP contribution < -0.4 is 0 Å². The molecule has 1 aromatic heterocycles. The molecule has 0 saturated heterocycles. The Morgan fingerprint density at radius 2 is 1.71 bits per heavy atom. The van der Waals surface area contributed by atoms with Gasteiger partial charge in [0.25, 0.3) is 0 Å². The highest BCUT2D eigenvalue weighted by Crippen LogP contribution is 2.29. The molecule has 1 heterocycles. The monoisotopic (exact) mass is 257 g/mol. The van der Waals surface area contributed by atoms with Crippen LogP contribution in [0, 0.1) is 0 Å². The number of halogens is 3. The van der Waals surface area contributed by atoms with Crippen molar-refractivity contribution in [3.63, 3.8) is 0 Å². The normalized spacial score (nSPS) is 11.8. The summed E-state index contributed by atoms with van der Waals surface area (Å²) in [6.45, 7) is 0. The number of thiol groups is 1. The van der Waals surface area contributed by atoms with Crippen molar-refractivity contribution in [1.82, 2.24) is 3.97 Å². The molecule has 0 saturated carbocycles. The van der Waals surface area contributed by atoms with Crippen molar-refractivity contribution in [2.24, 2.45) is 0 Å². The van der Waals surface area contributed by atoms with E-state index in [1.165, 1.54) is 12.1 Å². The lowest BCUT2D eigenvalue weighted by atomic mass is 10.1. The Hall–Kier alpha value is -1.36. The summed E-state index contributed by atoms with van der Waals surface area (Å²) in [6.07, 6.45) is -1.93. The number of nitrogens with zero attached hydrogens (tertiary/aromatic N) is 1. The van der Waals surface area contributed by atoms with E-state index in [1.807, 2.05) is 12.1 Å². The Morgan fingerprint density at radius 3 is 2.18 bits per heavy atom. The average Bonchev–Trinajstić information content (AvgIpc) is 2.64. The van der Waals surface area contributed by atoms with Gasteiger partial charge >= 0.3 is 6.18 Å². The van der Waals surface area contributed by atoms with Crippen LogP contribution in [0.5, 0.6) is 0 Å². The summed E-state index contributed by atoms with van der Waals surface area (Å²) >= 11 is 4.18. The summed E-state index contributed by atoms with van der Waals surface area (Å²) in [6, 6.07) is 8.90. The van der Waals surface area contributed by atoms with Crippen LogP contribution in [0.1, 0.15) is 16.8 Å². The van der Waals surface area contributed by atoms with E-state index in [9.17, 15) is 13.2 Å². The highest BCUT2D eigenvalue weighted by Gasteiger charge is 2.29. The lowest BCUT2D eigenvalue weighted by Crippen LogP contribution is -2.04. The van der Waals surface area contributed by atoms with E-state index in [0.717, 1.165) is 23.4 Å². The van der Waals surface area contributed by atoms with Gasteiger partial charge in [0.2, 0.25) is 0 Å². The zero-order chi connectivity index (χ0) is 12.5. The third-order valence-electron chi connectivity index (χ3n) is 2.48. The molecule has 2 aromatic rings. The van der Waals surface area contributed by atoms with Crippen molar-refractivity contribution < 1.29 is 13.2 Å². The molecule has 0 fully saturated rings. The minimum atomic E-state index is -4.28. The third-order valence-corrected chi connectivity index (χ3v) is 2.87. The molecule has 0 aliphatic carbocycles. The van der Waals surface area contributed by atoms with Crippen molar-refractivity contribution in [3.05, 3.63) is 59.4 Å². The number of alkyl halides is 3. The van der Waals surface area contributed by atoms with Gasteiger partial charge in [-0.2, -0.15) is 13.2 Å². The molecule has 0 aliphatic heterocycles. The van der Waals surface area contributed by atoms with Gasteiger partial charge in [0.05, 0.1) is 5.56 Å². The van der Waals surface area contributed by atoms with Crippen LogP contribution in [0.15, 0.2) is 42.6 Å². The van der Waals surface area contributed by atoms with Gasteiger partial charge in [0.15, 0.2) is 0 Å². The second-order valence-electron chi connectivity index (χ2n) is 3.72. The molecule has 90 valence electrons. The first kappa shape index (κ1) is 12.1. The molecule has 0 N–H and O–H groups in total. The lowest BCUT2D eigenvalue weighted by Gasteiger charge is -2.07. The molecule has 0 unspecified atom stereocenters. The summed E-state index contributed by atoms with van der Waals surface area (Å²) in [4.78, 5) is 0. The fourth-order valence-corrected chi connectivity index (χ4v) is 1.78. The predicted molar refractivity (Wildman–Crippen MR) is 63.1 cm³/mol. The van der Waals surface area contributed by atoms with Crippen molar-refractivity contribution in [1.29, 1.82) is 0 Å². The molecule has 0 atom stereocenters. The molecule has 0 bridgehead atoms. The number of hydrogen-bond acceptors (Lipinski definition) is 1. The molecule has 0 radical (unpaired) electrons. The molecule has 1 nitrogen and oxygen atoms in total. The summed E-state index contributed by atoms with van der Waals surface area (Å²) in [7, 11) is 0. The van der Waals surface area contributed by atoms with Crippen LogP contribution in [0.4, 0.5) is 13.2 Å². The molecule has 17 heavy (non-hydrogen) atoms. The van der Waals surface area contributed by atoms with Crippen LogP contribution in [0.3, 0.4) is 0 Å². The largest absolute Gasteiger partial charge is 0.416 e. The lowest BCUT2D eigenvalue weighted by molar-refractivity contribution is -0.137. The van der Waals surface area contributed by atoms with Gasteiger partial charge in [-0.05, 0) is 29.8 Å². The van der Waals surface area contributed by atoms with E-state index in [-0.39, 0.29) is 0 Å². The van der Waals surface area contributed by atoms with Gasteiger partial charge in [-0.3, -0.25) is 3.97 Å². The first-order valence-corrected chi connectivity index (χ1v) is 5.38. The van der Waals surface area contributed by atoms with Crippen LogP contribution in [0.2, 0.25) is 0 Å². The van der Waals surface area contributed by atoms with Crippen molar-refractivity contribution in [2.75, 3.05) is 0 Å². The van der Waals surface area contributed by atoms with Crippen LogP contribution >= 0.6 is 12.8 Å². The Labute approximate surface area is 102 Å². The summed E-state index contributed by atoms with van der Waals surface area (Å²) in [5.74, 6) is 0. The summed E-state index contributed by atoms with van der Waals surface area (Å²) in [5, 5.41) is 0. The minimum absolute atomic E-state index is 0.564. The second kappa shape index (κ2) is 4.49. The van der Waals surface area contributed by atoms with Gasteiger partial charge in [-0.25, -0.2) is 0 Å². The van der Waals surface area contributed by atoms with Crippen molar-refractivity contribution >= 4 is 12.8 Å². The van der Waals surface area contributed by atoms with Crippen molar-refractivity contribution in [2.45, 2.75) is 12.6 Å². The molecule has 2 rings (SSSR count). The van der Waals surface area contributed by atoms with Gasteiger partial charge in [0, 0.05) is 18.3 Å². The van der Waals surface area contributed by atoms with E-state index >= 15 is 0 Å². The molecule has 0 spiro atoms. The smallest absolute Gasteiger partial charge is 0.298 e. The Kier molecular flexibility index (Phi) is 3.19. The summed E-state index contributed by atoms with van der Waals surface area (Å²) < 4.78 is 38.7. The SMILES string of the molecule is FC(F)(F)c1ccc(Cc2cccn2S)cc1. The van der Waals surface area contributed by atoms with Gasteiger partial charge in [-0.15, -0.1) is 0 Å². The molecule has 0 amide bonds. The average molecular weight is 257 g/mol. The van der Waals surface area contributed by atoms with Gasteiger partial charge < -0.3 is 0 Å². The number of aromatic nitrogens is 1.